The molecule has 1 N–H and O–H groups in total. The first-order valence-corrected chi connectivity index (χ1v) is 8.49. The molecule has 25 heavy (non-hydrogen) atoms. The molecule has 0 unspecified atom stereocenters. The zero-order valence-electron chi connectivity index (χ0n) is 14.0. The first kappa shape index (κ1) is 16.1. The molecule has 1 saturated heterocycles. The molecular formula is C18H20FN3O3. The Morgan fingerprint density at radius 2 is 2.12 bits per heavy atom. The molecule has 0 aliphatic carbocycles. The van der Waals surface area contributed by atoms with Crippen LogP contribution in [0, 0.1) is 5.82 Å². The average Bonchev–Trinajstić information content (AvgIpc) is 3.21. The molecule has 3 aliphatic rings. The summed E-state index contributed by atoms with van der Waals surface area (Å²) >= 11 is 0. The number of carbonyl (C=O) groups excluding carboxylic acids is 2. The zero-order valence-corrected chi connectivity index (χ0v) is 14.0. The fourth-order valence-corrected chi connectivity index (χ4v) is 3.75. The van der Waals surface area contributed by atoms with E-state index in [0.29, 0.717) is 29.9 Å². The molecule has 0 saturated carbocycles. The second-order valence-corrected chi connectivity index (χ2v) is 6.64. The smallest absolute Gasteiger partial charge is 0.322 e. The van der Waals surface area contributed by atoms with Crippen molar-refractivity contribution in [2.45, 2.75) is 25.0 Å². The van der Waals surface area contributed by atoms with Crippen molar-refractivity contribution in [3.8, 4) is 0 Å². The van der Waals surface area contributed by atoms with Gasteiger partial charge >= 0.3 is 6.03 Å². The first-order valence-electron chi connectivity index (χ1n) is 8.49. The van der Waals surface area contributed by atoms with Gasteiger partial charge in [0.15, 0.2) is 0 Å². The summed E-state index contributed by atoms with van der Waals surface area (Å²) in [7, 11) is 1.63. The Bertz CT molecular complexity index is 758. The highest BCUT2D eigenvalue weighted by Crippen LogP contribution is 2.36. The molecule has 2 atom stereocenters. The van der Waals surface area contributed by atoms with Crippen LogP contribution in [0.4, 0.5) is 9.18 Å². The molecule has 0 bridgehead atoms. The summed E-state index contributed by atoms with van der Waals surface area (Å²) in [4.78, 5) is 28.4. The van der Waals surface area contributed by atoms with E-state index in [1.54, 1.807) is 30.1 Å². The van der Waals surface area contributed by atoms with E-state index in [2.05, 4.69) is 5.32 Å². The van der Waals surface area contributed by atoms with E-state index in [1.165, 1.54) is 11.0 Å². The van der Waals surface area contributed by atoms with E-state index in [0.717, 1.165) is 19.4 Å². The van der Waals surface area contributed by atoms with Crippen molar-refractivity contribution >= 4 is 11.9 Å². The maximum absolute atomic E-state index is 14.3. The van der Waals surface area contributed by atoms with Crippen LogP contribution in [0.15, 0.2) is 35.5 Å². The summed E-state index contributed by atoms with van der Waals surface area (Å²) in [5.41, 5.74) is 1.40. The summed E-state index contributed by atoms with van der Waals surface area (Å²) in [5.74, 6) is -0.597. The number of hydrogen-bond acceptors (Lipinski definition) is 3. The molecular weight excluding hydrogens is 325 g/mol. The van der Waals surface area contributed by atoms with E-state index >= 15 is 0 Å². The maximum Gasteiger partial charge on any atom is 0.322 e. The Labute approximate surface area is 145 Å². The fraction of sp³-hybridized carbons (Fsp3) is 0.444. The lowest BCUT2D eigenvalue weighted by Crippen LogP contribution is -2.45. The third kappa shape index (κ3) is 2.68. The van der Waals surface area contributed by atoms with Crippen LogP contribution in [-0.4, -0.2) is 54.6 Å². The molecule has 1 aromatic rings. The standard InChI is InChI=1S/C18H20FN3O3/c1-21-14-10-22(9-11-5-4-8-25-11)17(23)15(14)16(20-18(21)24)12-6-2-3-7-13(12)19/h2-3,6-7,11,16H,4-5,8-10H2,1H3,(H,20,24)/t11-,16-/m1/s1. The van der Waals surface area contributed by atoms with Gasteiger partial charge in [-0.1, -0.05) is 18.2 Å². The highest BCUT2D eigenvalue weighted by molar-refractivity contribution is 6.01. The number of carbonyl (C=O) groups is 2. The van der Waals surface area contributed by atoms with Crippen LogP contribution in [-0.2, 0) is 9.53 Å². The number of nitrogens with zero attached hydrogens (tertiary/aromatic N) is 2. The molecule has 1 fully saturated rings. The molecule has 0 aromatic heterocycles. The van der Waals surface area contributed by atoms with Crippen LogP contribution >= 0.6 is 0 Å². The van der Waals surface area contributed by atoms with Gasteiger partial charge in [0, 0.05) is 25.8 Å². The topological polar surface area (TPSA) is 61.9 Å². The summed E-state index contributed by atoms with van der Waals surface area (Å²) in [6.07, 6.45) is 1.96. The van der Waals surface area contributed by atoms with Gasteiger partial charge in [0.1, 0.15) is 5.82 Å². The van der Waals surface area contributed by atoms with Gasteiger partial charge in [0.2, 0.25) is 0 Å². The van der Waals surface area contributed by atoms with Gasteiger partial charge in [0.25, 0.3) is 5.91 Å². The van der Waals surface area contributed by atoms with Gasteiger partial charge in [-0.3, -0.25) is 9.69 Å². The lowest BCUT2D eigenvalue weighted by molar-refractivity contribution is -0.127. The van der Waals surface area contributed by atoms with Crippen molar-refractivity contribution in [2.24, 2.45) is 0 Å². The minimum absolute atomic E-state index is 0.0335. The minimum Gasteiger partial charge on any atom is -0.376 e. The molecule has 3 heterocycles. The van der Waals surface area contributed by atoms with E-state index in [-0.39, 0.29) is 18.0 Å². The maximum atomic E-state index is 14.3. The number of benzene rings is 1. The predicted octanol–water partition coefficient (Wildman–Crippen LogP) is 1.80. The van der Waals surface area contributed by atoms with Crippen molar-refractivity contribution < 1.29 is 18.7 Å². The number of likely N-dealkylation sites (N-methyl/N-ethyl adjacent to an activating group) is 1. The number of halogens is 1. The highest BCUT2D eigenvalue weighted by atomic mass is 19.1. The summed E-state index contributed by atoms with van der Waals surface area (Å²) in [6.45, 7) is 1.57. The van der Waals surface area contributed by atoms with Crippen molar-refractivity contribution in [1.29, 1.82) is 0 Å². The Morgan fingerprint density at radius 1 is 1.32 bits per heavy atom. The molecule has 0 radical (unpaired) electrons. The summed E-state index contributed by atoms with van der Waals surface area (Å²) in [5, 5.41) is 2.75. The lowest BCUT2D eigenvalue weighted by Gasteiger charge is -2.31. The third-order valence-electron chi connectivity index (χ3n) is 5.10. The van der Waals surface area contributed by atoms with E-state index < -0.39 is 11.9 Å². The van der Waals surface area contributed by atoms with Gasteiger partial charge in [-0.2, -0.15) is 0 Å². The monoisotopic (exact) mass is 345 g/mol. The Morgan fingerprint density at radius 3 is 2.84 bits per heavy atom. The highest BCUT2D eigenvalue weighted by Gasteiger charge is 2.44. The van der Waals surface area contributed by atoms with Crippen LogP contribution < -0.4 is 5.32 Å². The second kappa shape index (κ2) is 6.15. The number of hydrogen-bond donors (Lipinski definition) is 1. The van der Waals surface area contributed by atoms with Gasteiger partial charge in [0.05, 0.1) is 30.0 Å². The van der Waals surface area contributed by atoms with Crippen LogP contribution in [0.25, 0.3) is 0 Å². The van der Waals surface area contributed by atoms with Crippen LogP contribution in [0.3, 0.4) is 0 Å². The molecule has 132 valence electrons. The number of nitrogens with one attached hydrogen (secondary N) is 1. The Hall–Kier alpha value is -2.41. The Kier molecular flexibility index (Phi) is 3.95. The largest absolute Gasteiger partial charge is 0.376 e. The van der Waals surface area contributed by atoms with Gasteiger partial charge in [-0.05, 0) is 18.9 Å². The summed E-state index contributed by atoms with van der Waals surface area (Å²) in [6, 6.07) is 5.13. The number of urea groups is 1. The molecule has 3 amide bonds. The molecule has 6 nitrogen and oxygen atoms in total. The number of rotatable bonds is 3. The fourth-order valence-electron chi connectivity index (χ4n) is 3.75. The molecule has 1 aromatic carbocycles. The van der Waals surface area contributed by atoms with Gasteiger partial charge < -0.3 is 15.0 Å². The lowest BCUT2D eigenvalue weighted by atomic mass is 9.95. The van der Waals surface area contributed by atoms with E-state index in [4.69, 9.17) is 4.74 Å². The quantitative estimate of drug-likeness (QED) is 0.909. The summed E-state index contributed by atoms with van der Waals surface area (Å²) < 4.78 is 19.9. The van der Waals surface area contributed by atoms with Crippen LogP contribution in [0.2, 0.25) is 0 Å². The predicted molar refractivity (Wildman–Crippen MR) is 88.0 cm³/mol. The average molecular weight is 345 g/mol. The molecule has 3 aliphatic heterocycles. The second-order valence-electron chi connectivity index (χ2n) is 6.64. The molecule has 7 heteroatoms. The number of ether oxygens (including phenoxy) is 1. The molecule has 4 rings (SSSR count). The Balaban J connectivity index is 1.67. The van der Waals surface area contributed by atoms with Gasteiger partial charge in [-0.25, -0.2) is 9.18 Å². The van der Waals surface area contributed by atoms with E-state index in [1.807, 2.05) is 0 Å². The van der Waals surface area contributed by atoms with Gasteiger partial charge in [-0.15, -0.1) is 0 Å². The van der Waals surface area contributed by atoms with Crippen LogP contribution in [0.5, 0.6) is 0 Å². The third-order valence-corrected chi connectivity index (χ3v) is 5.10. The van der Waals surface area contributed by atoms with Crippen molar-refractivity contribution in [2.75, 3.05) is 26.7 Å². The SMILES string of the molecule is CN1C(=O)N[C@H](c2ccccc2F)C2=C1CN(C[C@H]1CCCO1)C2=O. The number of amides is 3. The van der Waals surface area contributed by atoms with Crippen molar-refractivity contribution in [3.63, 3.8) is 0 Å². The van der Waals surface area contributed by atoms with Crippen molar-refractivity contribution in [1.82, 2.24) is 15.1 Å². The van der Waals surface area contributed by atoms with Crippen molar-refractivity contribution in [3.05, 3.63) is 46.9 Å². The molecule has 0 spiro atoms. The van der Waals surface area contributed by atoms with Crippen LogP contribution in [0.1, 0.15) is 24.4 Å². The normalized spacial score (nSPS) is 26.3. The zero-order chi connectivity index (χ0) is 17.6. The first-order chi connectivity index (χ1) is 12.1. The van der Waals surface area contributed by atoms with E-state index in [9.17, 15) is 14.0 Å². The minimum atomic E-state index is -0.762.